The van der Waals surface area contributed by atoms with Crippen LogP contribution < -0.4 is 10.6 Å². The Morgan fingerprint density at radius 3 is 2.19 bits per heavy atom. The number of hydrogen-bond donors (Lipinski definition) is 3. The summed E-state index contributed by atoms with van der Waals surface area (Å²) in [7, 11) is 0. The van der Waals surface area contributed by atoms with Gasteiger partial charge in [-0.2, -0.15) is 0 Å². The Labute approximate surface area is 161 Å². The molecule has 2 aliphatic rings. The molecule has 3 N–H and O–H groups in total. The third kappa shape index (κ3) is 8.30. The van der Waals surface area contributed by atoms with Gasteiger partial charge in [0, 0.05) is 12.1 Å². The number of ether oxygens (including phenoxy) is 2. The zero-order valence-corrected chi connectivity index (χ0v) is 16.1. The summed E-state index contributed by atoms with van der Waals surface area (Å²) < 4.78 is 10.0. The molecule has 0 spiro atoms. The van der Waals surface area contributed by atoms with E-state index in [1.165, 1.54) is 25.3 Å². The molecule has 0 aliphatic heterocycles. The van der Waals surface area contributed by atoms with Gasteiger partial charge in [-0.05, 0) is 75.7 Å². The largest absolute Gasteiger partial charge is 0.447 e. The van der Waals surface area contributed by atoms with Crippen molar-refractivity contribution in [3.63, 3.8) is 0 Å². The maximum absolute atomic E-state index is 11.8. The summed E-state index contributed by atoms with van der Waals surface area (Å²) >= 11 is 0. The summed E-state index contributed by atoms with van der Waals surface area (Å²) in [6.07, 6.45) is 10.8. The zero-order chi connectivity index (χ0) is 19.5. The maximum atomic E-state index is 11.8. The molecule has 2 rings (SSSR count). The van der Waals surface area contributed by atoms with Gasteiger partial charge in [0.05, 0.1) is 6.61 Å². The number of aliphatic hydroxyl groups is 1. The minimum atomic E-state index is -1.02. The maximum Gasteiger partial charge on any atom is 0.407 e. The van der Waals surface area contributed by atoms with Crippen molar-refractivity contribution in [1.29, 1.82) is 0 Å². The zero-order valence-electron chi connectivity index (χ0n) is 16.1. The van der Waals surface area contributed by atoms with Crippen molar-refractivity contribution in [2.75, 3.05) is 13.2 Å². The lowest BCUT2D eigenvalue weighted by Gasteiger charge is -2.34. The van der Waals surface area contributed by atoms with E-state index in [0.29, 0.717) is 6.04 Å². The van der Waals surface area contributed by atoms with Gasteiger partial charge in [-0.3, -0.25) is 4.79 Å². The van der Waals surface area contributed by atoms with E-state index in [4.69, 9.17) is 14.6 Å². The van der Waals surface area contributed by atoms with Crippen LogP contribution in [0.25, 0.3) is 0 Å². The van der Waals surface area contributed by atoms with E-state index in [1.807, 2.05) is 0 Å². The fourth-order valence-corrected chi connectivity index (χ4v) is 4.25. The average molecular weight is 383 g/mol. The minimum absolute atomic E-state index is 0.105. The van der Waals surface area contributed by atoms with Crippen LogP contribution in [-0.4, -0.2) is 49.2 Å². The van der Waals surface area contributed by atoms with Crippen LogP contribution in [-0.2, 0) is 14.3 Å². The number of alkyl carbamates (subject to hydrolysis) is 1. The molecule has 0 saturated heterocycles. The summed E-state index contributed by atoms with van der Waals surface area (Å²) in [5.41, 5.74) is 0. The molecule has 27 heavy (non-hydrogen) atoms. The summed E-state index contributed by atoms with van der Waals surface area (Å²) in [5.74, 6) is 1.52. The monoisotopic (exact) mass is 382 g/mol. The second-order valence-electron chi connectivity index (χ2n) is 7.73. The highest BCUT2D eigenvalue weighted by Crippen LogP contribution is 2.35. The fraction of sp³-hybridized carbons (Fsp3) is 0.800. The van der Waals surface area contributed by atoms with E-state index in [1.54, 1.807) is 0 Å². The quantitative estimate of drug-likeness (QED) is 0.233. The van der Waals surface area contributed by atoms with Crippen LogP contribution in [0.3, 0.4) is 0 Å². The topological polar surface area (TPSA) is 96.9 Å². The highest BCUT2D eigenvalue weighted by molar-refractivity contribution is 5.67. The van der Waals surface area contributed by atoms with Gasteiger partial charge >= 0.3 is 6.09 Å². The molecule has 0 aromatic heterocycles. The van der Waals surface area contributed by atoms with Gasteiger partial charge in [0.1, 0.15) is 6.61 Å². The number of nitrogens with one attached hydrogen (secondary N) is 2. The first-order valence-electron chi connectivity index (χ1n) is 10.2. The van der Waals surface area contributed by atoms with Gasteiger partial charge in [-0.15, -0.1) is 0 Å². The Morgan fingerprint density at radius 2 is 1.63 bits per heavy atom. The number of hydrogen-bond acceptors (Lipinski definition) is 5. The molecule has 2 saturated carbocycles. The van der Waals surface area contributed by atoms with Crippen LogP contribution >= 0.6 is 0 Å². The van der Waals surface area contributed by atoms with Crippen molar-refractivity contribution in [2.24, 2.45) is 11.8 Å². The summed E-state index contributed by atoms with van der Waals surface area (Å²) in [4.78, 5) is 22.3. The lowest BCUT2D eigenvalue weighted by atomic mass is 9.76. The number of rotatable bonds is 10. The molecule has 1 unspecified atom stereocenters. The van der Waals surface area contributed by atoms with Gasteiger partial charge in [-0.25, -0.2) is 4.79 Å². The van der Waals surface area contributed by atoms with Crippen LogP contribution in [0.5, 0.6) is 0 Å². The SMILES string of the molecule is C=CC(O)OCCOC(=O)NC1CCC(CC2CCC(NC=O)CC2)CC1. The molecule has 1 atom stereocenters. The Hall–Kier alpha value is -1.60. The molecule has 0 bridgehead atoms. The van der Waals surface area contributed by atoms with E-state index >= 15 is 0 Å². The number of amides is 2. The third-order valence-corrected chi connectivity index (χ3v) is 5.79. The van der Waals surface area contributed by atoms with E-state index in [9.17, 15) is 9.59 Å². The highest BCUT2D eigenvalue weighted by atomic mass is 16.6. The van der Waals surface area contributed by atoms with Crippen LogP contribution in [0, 0.1) is 11.8 Å². The molecule has 7 heteroatoms. The van der Waals surface area contributed by atoms with Gasteiger partial charge in [0.25, 0.3) is 0 Å². The van der Waals surface area contributed by atoms with Gasteiger partial charge in [-0.1, -0.05) is 6.58 Å². The predicted molar refractivity (Wildman–Crippen MR) is 102 cm³/mol. The van der Waals surface area contributed by atoms with Crippen molar-refractivity contribution in [2.45, 2.75) is 76.2 Å². The average Bonchev–Trinajstić information content (AvgIpc) is 2.68. The Bertz CT molecular complexity index is 457. The fourth-order valence-electron chi connectivity index (χ4n) is 4.25. The Kier molecular flexibility index (Phi) is 9.62. The van der Waals surface area contributed by atoms with Gasteiger partial charge < -0.3 is 25.2 Å². The van der Waals surface area contributed by atoms with E-state index in [0.717, 1.165) is 56.8 Å². The van der Waals surface area contributed by atoms with Crippen molar-refractivity contribution in [3.05, 3.63) is 12.7 Å². The lowest BCUT2D eigenvalue weighted by Crippen LogP contribution is -2.39. The highest BCUT2D eigenvalue weighted by Gasteiger charge is 2.27. The molecule has 154 valence electrons. The molecule has 7 nitrogen and oxygen atoms in total. The molecule has 2 aliphatic carbocycles. The van der Waals surface area contributed by atoms with Crippen molar-refractivity contribution >= 4 is 12.5 Å². The first-order chi connectivity index (χ1) is 13.1. The normalized spacial score (nSPS) is 29.4. The number of carbonyl (C=O) groups is 2. The Morgan fingerprint density at radius 1 is 1.04 bits per heavy atom. The van der Waals surface area contributed by atoms with E-state index in [-0.39, 0.29) is 19.3 Å². The lowest BCUT2D eigenvalue weighted by molar-refractivity contribution is -0.110. The predicted octanol–water partition coefficient (Wildman–Crippen LogP) is 2.49. The molecule has 0 heterocycles. The van der Waals surface area contributed by atoms with Crippen LogP contribution in [0.1, 0.15) is 57.8 Å². The van der Waals surface area contributed by atoms with Crippen LogP contribution in [0.4, 0.5) is 4.79 Å². The first kappa shape index (κ1) is 21.7. The first-order valence-corrected chi connectivity index (χ1v) is 10.2. The van der Waals surface area contributed by atoms with Crippen molar-refractivity contribution in [1.82, 2.24) is 10.6 Å². The van der Waals surface area contributed by atoms with Crippen molar-refractivity contribution < 1.29 is 24.2 Å². The molecule has 0 aromatic carbocycles. The van der Waals surface area contributed by atoms with E-state index in [2.05, 4.69) is 17.2 Å². The summed E-state index contributed by atoms with van der Waals surface area (Å²) in [6.45, 7) is 3.64. The Balaban J connectivity index is 1.54. The molecular weight excluding hydrogens is 348 g/mol. The van der Waals surface area contributed by atoms with Crippen LogP contribution in [0.15, 0.2) is 12.7 Å². The minimum Gasteiger partial charge on any atom is -0.447 e. The standard InChI is InChI=1S/C20H34N2O5/c1-2-19(24)26-11-12-27-20(25)22-18-9-5-16(6-10-18)13-15-3-7-17(8-4-15)21-14-23/h2,14-19,24H,1,3-13H2,(H,21,23)(H,22,25). The molecule has 2 fully saturated rings. The second-order valence-corrected chi connectivity index (χ2v) is 7.73. The van der Waals surface area contributed by atoms with Crippen molar-refractivity contribution in [3.8, 4) is 0 Å². The number of carbonyl (C=O) groups excluding carboxylic acids is 2. The second kappa shape index (κ2) is 12.0. The summed E-state index contributed by atoms with van der Waals surface area (Å²) in [6, 6.07) is 0.552. The molecule has 0 aromatic rings. The van der Waals surface area contributed by atoms with E-state index < -0.39 is 12.4 Å². The third-order valence-electron chi connectivity index (χ3n) is 5.79. The van der Waals surface area contributed by atoms with Gasteiger partial charge in [0.2, 0.25) is 6.41 Å². The molecule has 0 radical (unpaired) electrons. The van der Waals surface area contributed by atoms with Crippen LogP contribution in [0.2, 0.25) is 0 Å². The summed E-state index contributed by atoms with van der Waals surface area (Å²) in [5, 5.41) is 15.0. The van der Waals surface area contributed by atoms with Gasteiger partial charge in [0.15, 0.2) is 6.29 Å². The smallest absolute Gasteiger partial charge is 0.407 e. The number of aliphatic hydroxyl groups excluding tert-OH is 1. The molecular formula is C20H34N2O5. The molecule has 2 amide bonds.